The second kappa shape index (κ2) is 7.78. The molecule has 0 radical (unpaired) electrons. The van der Waals surface area contributed by atoms with Gasteiger partial charge >= 0.3 is 5.97 Å². The third-order valence-corrected chi connectivity index (χ3v) is 4.15. The second-order valence-corrected chi connectivity index (χ2v) is 5.57. The van der Waals surface area contributed by atoms with Crippen LogP contribution < -0.4 is 0 Å². The Morgan fingerprint density at radius 3 is 2.73 bits per heavy atom. The summed E-state index contributed by atoms with van der Waals surface area (Å²) in [6.07, 6.45) is 3.06. The van der Waals surface area contributed by atoms with E-state index in [2.05, 4.69) is 6.58 Å². The van der Waals surface area contributed by atoms with Crippen LogP contribution in [0.25, 0.3) is 0 Å². The summed E-state index contributed by atoms with van der Waals surface area (Å²) in [6.45, 7) is 7.36. The number of nitrogens with zero attached hydrogens (tertiary/aromatic N) is 1. The minimum atomic E-state index is -0.165. The number of carbonyl (C=O) groups is 2. The first kappa shape index (κ1) is 16.3. The molecule has 0 bridgehead atoms. The standard InChI is InChI=1S/C18H23NO3/c1-3-14-13-19(18(21)15-8-6-5-7-9-15)11-10-16(14)12-17(20)22-4-2/h3,5-9,14,16H,1,4,10-13H2,2H3/t14-,16+/m1/s1. The smallest absolute Gasteiger partial charge is 0.306 e. The van der Waals surface area contributed by atoms with E-state index >= 15 is 0 Å². The van der Waals surface area contributed by atoms with E-state index in [0.29, 0.717) is 31.7 Å². The van der Waals surface area contributed by atoms with Crippen molar-refractivity contribution in [1.82, 2.24) is 4.90 Å². The molecule has 0 N–H and O–H groups in total. The lowest BCUT2D eigenvalue weighted by Gasteiger charge is -2.37. The van der Waals surface area contributed by atoms with Crippen LogP contribution >= 0.6 is 0 Å². The van der Waals surface area contributed by atoms with Crippen molar-refractivity contribution in [2.24, 2.45) is 11.8 Å². The Kier molecular flexibility index (Phi) is 5.75. The lowest BCUT2D eigenvalue weighted by Crippen LogP contribution is -2.43. The Balaban J connectivity index is 1.98. The largest absolute Gasteiger partial charge is 0.466 e. The molecule has 1 aliphatic rings. The second-order valence-electron chi connectivity index (χ2n) is 5.57. The number of ether oxygens (including phenoxy) is 1. The highest BCUT2D eigenvalue weighted by molar-refractivity contribution is 5.94. The highest BCUT2D eigenvalue weighted by Gasteiger charge is 2.31. The van der Waals surface area contributed by atoms with Gasteiger partial charge in [0.2, 0.25) is 0 Å². The molecule has 0 spiro atoms. The molecule has 118 valence electrons. The van der Waals surface area contributed by atoms with Gasteiger partial charge in [0.15, 0.2) is 0 Å². The van der Waals surface area contributed by atoms with Gasteiger partial charge in [-0.15, -0.1) is 6.58 Å². The van der Waals surface area contributed by atoms with Crippen LogP contribution in [0.3, 0.4) is 0 Å². The topological polar surface area (TPSA) is 46.6 Å². The lowest BCUT2D eigenvalue weighted by atomic mass is 9.83. The summed E-state index contributed by atoms with van der Waals surface area (Å²) < 4.78 is 5.03. The molecular weight excluding hydrogens is 278 g/mol. The summed E-state index contributed by atoms with van der Waals surface area (Å²) >= 11 is 0. The lowest BCUT2D eigenvalue weighted by molar-refractivity contribution is -0.144. The molecule has 1 saturated heterocycles. The average molecular weight is 301 g/mol. The van der Waals surface area contributed by atoms with Gasteiger partial charge in [-0.2, -0.15) is 0 Å². The van der Waals surface area contributed by atoms with Crippen LogP contribution in [-0.2, 0) is 9.53 Å². The SMILES string of the molecule is C=C[C@@H]1CN(C(=O)c2ccccc2)CC[C@H]1CC(=O)OCC. The summed E-state index contributed by atoms with van der Waals surface area (Å²) in [5.41, 5.74) is 0.703. The van der Waals surface area contributed by atoms with Gasteiger partial charge in [0.1, 0.15) is 0 Å². The number of hydrogen-bond acceptors (Lipinski definition) is 3. The zero-order chi connectivity index (χ0) is 15.9. The molecular formula is C18H23NO3. The van der Waals surface area contributed by atoms with Crippen molar-refractivity contribution in [3.8, 4) is 0 Å². The van der Waals surface area contributed by atoms with E-state index < -0.39 is 0 Å². The number of carbonyl (C=O) groups excluding carboxylic acids is 2. The van der Waals surface area contributed by atoms with Crippen molar-refractivity contribution < 1.29 is 14.3 Å². The van der Waals surface area contributed by atoms with E-state index in [-0.39, 0.29) is 23.7 Å². The molecule has 2 atom stereocenters. The fourth-order valence-corrected chi connectivity index (χ4v) is 2.93. The van der Waals surface area contributed by atoms with Crippen LogP contribution in [0.4, 0.5) is 0 Å². The molecule has 2 rings (SSSR count). The van der Waals surface area contributed by atoms with Gasteiger partial charge in [-0.05, 0) is 37.3 Å². The maximum atomic E-state index is 12.5. The first-order valence-corrected chi connectivity index (χ1v) is 7.78. The maximum absolute atomic E-state index is 12.5. The van der Waals surface area contributed by atoms with E-state index in [4.69, 9.17) is 4.74 Å². The third kappa shape index (κ3) is 3.97. The third-order valence-electron chi connectivity index (χ3n) is 4.15. The van der Waals surface area contributed by atoms with Crippen LogP contribution in [0.1, 0.15) is 30.1 Å². The molecule has 1 aliphatic heterocycles. The summed E-state index contributed by atoms with van der Waals surface area (Å²) in [4.78, 5) is 26.0. The molecule has 4 nitrogen and oxygen atoms in total. The van der Waals surface area contributed by atoms with Crippen molar-refractivity contribution in [3.63, 3.8) is 0 Å². The number of likely N-dealkylation sites (tertiary alicyclic amines) is 1. The van der Waals surface area contributed by atoms with Crippen molar-refractivity contribution in [1.29, 1.82) is 0 Å². The minimum Gasteiger partial charge on any atom is -0.466 e. The van der Waals surface area contributed by atoms with Crippen LogP contribution in [0.2, 0.25) is 0 Å². The number of hydrogen-bond donors (Lipinski definition) is 0. The first-order chi connectivity index (χ1) is 10.7. The van der Waals surface area contributed by atoms with Crippen molar-refractivity contribution in [2.75, 3.05) is 19.7 Å². The fourth-order valence-electron chi connectivity index (χ4n) is 2.93. The van der Waals surface area contributed by atoms with E-state index in [1.165, 1.54) is 0 Å². The average Bonchev–Trinajstić information content (AvgIpc) is 2.55. The fraction of sp³-hybridized carbons (Fsp3) is 0.444. The van der Waals surface area contributed by atoms with Crippen molar-refractivity contribution in [2.45, 2.75) is 19.8 Å². The van der Waals surface area contributed by atoms with Gasteiger partial charge in [-0.1, -0.05) is 24.3 Å². The predicted octanol–water partition coefficient (Wildman–Crippen LogP) is 2.90. The quantitative estimate of drug-likeness (QED) is 0.620. The Morgan fingerprint density at radius 2 is 2.09 bits per heavy atom. The van der Waals surface area contributed by atoms with Crippen LogP contribution in [0, 0.1) is 11.8 Å². The van der Waals surface area contributed by atoms with Gasteiger partial charge in [-0.25, -0.2) is 0 Å². The number of piperidine rings is 1. The normalized spacial score (nSPS) is 21.2. The van der Waals surface area contributed by atoms with Gasteiger partial charge in [0.05, 0.1) is 6.61 Å². The molecule has 1 fully saturated rings. The number of rotatable bonds is 5. The zero-order valence-electron chi connectivity index (χ0n) is 13.0. The Hall–Kier alpha value is -2.10. The summed E-state index contributed by atoms with van der Waals surface area (Å²) in [7, 11) is 0. The molecule has 22 heavy (non-hydrogen) atoms. The van der Waals surface area contributed by atoms with Gasteiger partial charge in [0.25, 0.3) is 5.91 Å². The van der Waals surface area contributed by atoms with E-state index in [1.54, 1.807) is 0 Å². The summed E-state index contributed by atoms with van der Waals surface area (Å²) in [5, 5.41) is 0. The number of esters is 1. The monoisotopic (exact) mass is 301 g/mol. The Bertz CT molecular complexity index is 526. The molecule has 0 aromatic heterocycles. The Morgan fingerprint density at radius 1 is 1.36 bits per heavy atom. The van der Waals surface area contributed by atoms with Crippen LogP contribution in [0.5, 0.6) is 0 Å². The number of benzene rings is 1. The highest BCUT2D eigenvalue weighted by atomic mass is 16.5. The minimum absolute atomic E-state index is 0.0436. The summed E-state index contributed by atoms with van der Waals surface area (Å²) in [5.74, 6) is 0.214. The molecule has 1 heterocycles. The summed E-state index contributed by atoms with van der Waals surface area (Å²) in [6, 6.07) is 9.29. The van der Waals surface area contributed by atoms with Crippen molar-refractivity contribution in [3.05, 3.63) is 48.6 Å². The molecule has 0 saturated carbocycles. The predicted molar refractivity (Wildman–Crippen MR) is 85.4 cm³/mol. The maximum Gasteiger partial charge on any atom is 0.306 e. The highest BCUT2D eigenvalue weighted by Crippen LogP contribution is 2.28. The van der Waals surface area contributed by atoms with E-state index in [0.717, 1.165) is 6.42 Å². The van der Waals surface area contributed by atoms with Gasteiger partial charge < -0.3 is 9.64 Å². The molecule has 0 unspecified atom stereocenters. The molecule has 4 heteroatoms. The first-order valence-electron chi connectivity index (χ1n) is 7.78. The van der Waals surface area contributed by atoms with Crippen LogP contribution in [-0.4, -0.2) is 36.5 Å². The molecule has 1 aromatic rings. The molecule has 1 aromatic carbocycles. The van der Waals surface area contributed by atoms with Crippen LogP contribution in [0.15, 0.2) is 43.0 Å². The van der Waals surface area contributed by atoms with Gasteiger partial charge in [-0.3, -0.25) is 9.59 Å². The van der Waals surface area contributed by atoms with Crippen molar-refractivity contribution >= 4 is 11.9 Å². The van der Waals surface area contributed by atoms with E-state index in [1.807, 2.05) is 48.2 Å². The molecule has 1 amide bonds. The Labute approximate surface area is 131 Å². The zero-order valence-corrected chi connectivity index (χ0v) is 13.0. The van der Waals surface area contributed by atoms with E-state index in [9.17, 15) is 9.59 Å². The van der Waals surface area contributed by atoms with Gasteiger partial charge in [0, 0.05) is 25.1 Å². The molecule has 0 aliphatic carbocycles. The number of amides is 1.